The van der Waals surface area contributed by atoms with Crippen LogP contribution in [-0.2, 0) is 11.8 Å². The largest absolute Gasteiger partial charge is 0.353 e. The van der Waals surface area contributed by atoms with Crippen molar-refractivity contribution in [2.24, 2.45) is 7.05 Å². The summed E-state index contributed by atoms with van der Waals surface area (Å²) >= 11 is 1.46. The number of carbonyl (C=O) groups is 1. The zero-order valence-corrected chi connectivity index (χ0v) is 13.5. The van der Waals surface area contributed by atoms with E-state index in [9.17, 15) is 4.79 Å². The first-order chi connectivity index (χ1) is 10.1. The zero-order valence-electron chi connectivity index (χ0n) is 12.7. The van der Waals surface area contributed by atoms with E-state index in [4.69, 9.17) is 0 Å². The summed E-state index contributed by atoms with van der Waals surface area (Å²) in [6.45, 7) is 4.07. The minimum absolute atomic E-state index is 0.0543. The maximum atomic E-state index is 11.8. The lowest BCUT2D eigenvalue weighted by atomic mass is 10.2. The van der Waals surface area contributed by atoms with E-state index in [0.29, 0.717) is 5.75 Å². The van der Waals surface area contributed by atoms with Crippen LogP contribution in [0.4, 0.5) is 0 Å². The van der Waals surface area contributed by atoms with E-state index in [-0.39, 0.29) is 11.9 Å². The number of amides is 1. The Morgan fingerprint density at radius 2 is 2.10 bits per heavy atom. The zero-order chi connectivity index (χ0) is 15.2. The van der Waals surface area contributed by atoms with Crippen molar-refractivity contribution in [1.82, 2.24) is 14.9 Å². The van der Waals surface area contributed by atoms with Gasteiger partial charge in [-0.25, -0.2) is 4.98 Å². The molecular weight excluding hydrogens is 282 g/mol. The number of rotatable bonds is 6. The lowest BCUT2D eigenvalue weighted by Gasteiger charge is -2.11. The Bertz CT molecular complexity index is 595. The highest BCUT2D eigenvalue weighted by molar-refractivity contribution is 7.99. The van der Waals surface area contributed by atoms with Crippen LogP contribution in [0, 0.1) is 0 Å². The van der Waals surface area contributed by atoms with Crippen LogP contribution < -0.4 is 5.32 Å². The fourth-order valence-corrected chi connectivity index (χ4v) is 2.72. The summed E-state index contributed by atoms with van der Waals surface area (Å²) in [5.74, 6) is 0.447. The molecule has 2 rings (SSSR count). The smallest absolute Gasteiger partial charge is 0.230 e. The van der Waals surface area contributed by atoms with E-state index in [0.717, 1.165) is 22.8 Å². The average molecular weight is 303 g/mol. The van der Waals surface area contributed by atoms with E-state index in [1.807, 2.05) is 42.9 Å². The lowest BCUT2D eigenvalue weighted by molar-refractivity contribution is -0.119. The van der Waals surface area contributed by atoms with Gasteiger partial charge in [0.25, 0.3) is 0 Å². The maximum Gasteiger partial charge on any atom is 0.230 e. The highest BCUT2D eigenvalue weighted by Crippen LogP contribution is 2.24. The number of carbonyl (C=O) groups excluding carboxylic acids is 1. The van der Waals surface area contributed by atoms with Crippen LogP contribution in [-0.4, -0.2) is 27.3 Å². The highest BCUT2D eigenvalue weighted by Gasteiger charge is 2.11. The summed E-state index contributed by atoms with van der Waals surface area (Å²) in [6.07, 6.45) is 2.79. The summed E-state index contributed by atoms with van der Waals surface area (Å²) in [7, 11) is 1.98. The van der Waals surface area contributed by atoms with Gasteiger partial charge >= 0.3 is 0 Å². The van der Waals surface area contributed by atoms with E-state index in [1.54, 1.807) is 0 Å². The van der Waals surface area contributed by atoms with Crippen molar-refractivity contribution in [3.05, 3.63) is 36.5 Å². The Hall–Kier alpha value is -1.75. The first kappa shape index (κ1) is 15.6. The third-order valence-electron chi connectivity index (χ3n) is 3.37. The molecule has 0 spiro atoms. The second kappa shape index (κ2) is 7.31. The highest BCUT2D eigenvalue weighted by atomic mass is 32.2. The molecule has 1 atom stereocenters. The fourth-order valence-electron chi connectivity index (χ4n) is 1.95. The number of aromatic nitrogens is 2. The van der Waals surface area contributed by atoms with Gasteiger partial charge < -0.3 is 9.88 Å². The number of nitrogens with one attached hydrogen (secondary N) is 1. The molecule has 112 valence electrons. The Labute approximate surface area is 130 Å². The molecule has 1 aromatic heterocycles. The molecule has 21 heavy (non-hydrogen) atoms. The first-order valence-electron chi connectivity index (χ1n) is 7.11. The lowest BCUT2D eigenvalue weighted by Crippen LogP contribution is -2.33. The third kappa shape index (κ3) is 4.11. The molecule has 1 aromatic carbocycles. The van der Waals surface area contributed by atoms with Gasteiger partial charge in [0.15, 0.2) is 5.16 Å². The topological polar surface area (TPSA) is 46.9 Å². The molecule has 0 radical (unpaired) electrons. The summed E-state index contributed by atoms with van der Waals surface area (Å²) in [6, 6.07) is 10.3. The molecule has 0 saturated heterocycles. The monoisotopic (exact) mass is 303 g/mol. The van der Waals surface area contributed by atoms with Gasteiger partial charge in [-0.1, -0.05) is 49.0 Å². The van der Waals surface area contributed by atoms with Gasteiger partial charge in [-0.15, -0.1) is 0 Å². The number of imidazole rings is 1. The minimum Gasteiger partial charge on any atom is -0.353 e. The van der Waals surface area contributed by atoms with Crippen LogP contribution in [0.3, 0.4) is 0 Å². The van der Waals surface area contributed by atoms with Crippen LogP contribution in [0.5, 0.6) is 0 Å². The van der Waals surface area contributed by atoms with E-state index in [1.165, 1.54) is 11.8 Å². The molecule has 1 unspecified atom stereocenters. The van der Waals surface area contributed by atoms with Crippen LogP contribution in [0.15, 0.2) is 41.7 Å². The molecule has 0 saturated carbocycles. The van der Waals surface area contributed by atoms with E-state index in [2.05, 4.69) is 29.4 Å². The molecule has 1 amide bonds. The van der Waals surface area contributed by atoms with Crippen molar-refractivity contribution in [2.75, 3.05) is 5.75 Å². The molecule has 4 nitrogen and oxygen atoms in total. The predicted octanol–water partition coefficient (Wildman–Crippen LogP) is 3.09. The Morgan fingerprint density at radius 1 is 1.38 bits per heavy atom. The normalized spacial score (nSPS) is 12.1. The molecule has 0 aliphatic heterocycles. The van der Waals surface area contributed by atoms with Gasteiger partial charge in [-0.3, -0.25) is 4.79 Å². The number of hydrogen-bond donors (Lipinski definition) is 1. The van der Waals surface area contributed by atoms with Crippen molar-refractivity contribution in [2.45, 2.75) is 31.5 Å². The second-order valence-electron chi connectivity index (χ2n) is 5.02. The van der Waals surface area contributed by atoms with Gasteiger partial charge in [0.2, 0.25) is 5.91 Å². The molecule has 1 heterocycles. The van der Waals surface area contributed by atoms with E-state index >= 15 is 0 Å². The summed E-state index contributed by atoms with van der Waals surface area (Å²) in [5.41, 5.74) is 2.18. The van der Waals surface area contributed by atoms with Crippen molar-refractivity contribution < 1.29 is 4.79 Å². The van der Waals surface area contributed by atoms with Gasteiger partial charge in [0.1, 0.15) is 0 Å². The van der Waals surface area contributed by atoms with Crippen LogP contribution in [0.2, 0.25) is 0 Å². The van der Waals surface area contributed by atoms with Crippen molar-refractivity contribution in [3.63, 3.8) is 0 Å². The van der Waals surface area contributed by atoms with Crippen molar-refractivity contribution in [1.29, 1.82) is 0 Å². The Balaban J connectivity index is 2.00. The summed E-state index contributed by atoms with van der Waals surface area (Å²) in [4.78, 5) is 16.2. The molecule has 0 aliphatic rings. The number of thioether (sulfide) groups is 1. The van der Waals surface area contributed by atoms with E-state index < -0.39 is 0 Å². The van der Waals surface area contributed by atoms with Gasteiger partial charge in [-0.2, -0.15) is 0 Å². The Kier molecular flexibility index (Phi) is 5.44. The van der Waals surface area contributed by atoms with Crippen LogP contribution in [0.1, 0.15) is 20.3 Å². The number of hydrogen-bond acceptors (Lipinski definition) is 3. The average Bonchev–Trinajstić information content (AvgIpc) is 2.87. The van der Waals surface area contributed by atoms with Crippen molar-refractivity contribution >= 4 is 17.7 Å². The fraction of sp³-hybridized carbons (Fsp3) is 0.375. The predicted molar refractivity (Wildman–Crippen MR) is 87.3 cm³/mol. The summed E-state index contributed by atoms with van der Waals surface area (Å²) in [5, 5.41) is 3.82. The molecular formula is C16H21N3OS. The molecule has 5 heteroatoms. The van der Waals surface area contributed by atoms with Gasteiger partial charge in [0.05, 0.1) is 17.6 Å². The first-order valence-corrected chi connectivity index (χ1v) is 8.09. The minimum atomic E-state index is 0.0543. The molecule has 0 aliphatic carbocycles. The molecule has 1 N–H and O–H groups in total. The van der Waals surface area contributed by atoms with Gasteiger partial charge in [-0.05, 0) is 18.9 Å². The van der Waals surface area contributed by atoms with Crippen LogP contribution >= 0.6 is 11.8 Å². The maximum absolute atomic E-state index is 11.8. The van der Waals surface area contributed by atoms with Crippen molar-refractivity contribution in [3.8, 4) is 11.3 Å². The number of benzene rings is 1. The van der Waals surface area contributed by atoms with Gasteiger partial charge in [0, 0.05) is 13.1 Å². The van der Waals surface area contributed by atoms with Crippen LogP contribution in [0.25, 0.3) is 11.3 Å². The molecule has 0 fully saturated rings. The summed E-state index contributed by atoms with van der Waals surface area (Å²) < 4.78 is 2.02. The molecule has 2 aromatic rings. The number of nitrogens with zero attached hydrogens (tertiary/aromatic N) is 2. The second-order valence-corrected chi connectivity index (χ2v) is 5.96. The Morgan fingerprint density at radius 3 is 2.76 bits per heavy atom. The standard InChI is InChI=1S/C16H21N3OS/c1-4-12(2)18-15(20)11-21-16-17-10-14(19(16)3)13-8-6-5-7-9-13/h5-10,12H,4,11H2,1-3H3,(H,18,20). The molecule has 0 bridgehead atoms. The SMILES string of the molecule is CCC(C)NC(=O)CSc1ncc(-c2ccccc2)n1C. The third-order valence-corrected chi connectivity index (χ3v) is 4.41. The quantitative estimate of drug-likeness (QED) is 0.834.